The van der Waals surface area contributed by atoms with E-state index in [1.807, 2.05) is 19.9 Å². The van der Waals surface area contributed by atoms with Crippen molar-refractivity contribution in [3.05, 3.63) is 12.2 Å². The van der Waals surface area contributed by atoms with E-state index < -0.39 is 17.4 Å². The van der Waals surface area contributed by atoms with Gasteiger partial charge < -0.3 is 9.47 Å². The van der Waals surface area contributed by atoms with Crippen molar-refractivity contribution in [2.75, 3.05) is 13.2 Å². The van der Waals surface area contributed by atoms with E-state index in [0.29, 0.717) is 19.6 Å². The predicted octanol–water partition coefficient (Wildman–Crippen LogP) is 3.40. The molecule has 0 bridgehead atoms. The van der Waals surface area contributed by atoms with Crippen molar-refractivity contribution < 1.29 is 19.1 Å². The molecule has 0 aliphatic heterocycles. The summed E-state index contributed by atoms with van der Waals surface area (Å²) in [7, 11) is 0. The van der Waals surface area contributed by atoms with Crippen LogP contribution in [0.2, 0.25) is 0 Å². The third-order valence-electron chi connectivity index (χ3n) is 3.53. The van der Waals surface area contributed by atoms with Gasteiger partial charge in [-0.25, -0.2) is 0 Å². The minimum absolute atomic E-state index is 0.368. The van der Waals surface area contributed by atoms with Crippen molar-refractivity contribution in [3.63, 3.8) is 0 Å². The number of esters is 2. The molecule has 0 saturated heterocycles. The summed E-state index contributed by atoms with van der Waals surface area (Å²) in [6.07, 6.45) is 9.29. The van der Waals surface area contributed by atoms with Crippen molar-refractivity contribution in [1.29, 1.82) is 0 Å². The first kappa shape index (κ1) is 16.7. The smallest absolute Gasteiger partial charge is 0.327 e. The second-order valence-electron chi connectivity index (χ2n) is 5.24. The zero-order chi connectivity index (χ0) is 14.8. The number of rotatable bonds is 8. The van der Waals surface area contributed by atoms with E-state index in [2.05, 4.69) is 0 Å². The van der Waals surface area contributed by atoms with Crippen molar-refractivity contribution >= 4 is 11.9 Å². The first-order valence-electron chi connectivity index (χ1n) is 7.69. The summed E-state index contributed by atoms with van der Waals surface area (Å²) >= 11 is 0. The number of allylic oxidation sites excluding steroid dienone is 1. The molecular formula is C16H26O4. The van der Waals surface area contributed by atoms with Crippen LogP contribution in [0.1, 0.15) is 58.8 Å². The van der Waals surface area contributed by atoms with Gasteiger partial charge in [0.15, 0.2) is 5.41 Å². The van der Waals surface area contributed by atoms with Gasteiger partial charge in [-0.05, 0) is 32.1 Å². The number of ether oxygens (including phenoxy) is 2. The molecule has 0 fully saturated rings. The molecule has 1 aliphatic rings. The Labute approximate surface area is 121 Å². The van der Waals surface area contributed by atoms with Gasteiger partial charge in [0.2, 0.25) is 0 Å². The van der Waals surface area contributed by atoms with Crippen molar-refractivity contribution in [2.45, 2.75) is 58.8 Å². The molecule has 0 aromatic carbocycles. The molecular weight excluding hydrogens is 256 g/mol. The third kappa shape index (κ3) is 4.36. The normalized spacial score (nSPS) is 16.7. The first-order valence-corrected chi connectivity index (χ1v) is 7.69. The maximum Gasteiger partial charge on any atom is 0.327 e. The van der Waals surface area contributed by atoms with Gasteiger partial charge in [0, 0.05) is 0 Å². The van der Waals surface area contributed by atoms with Crippen molar-refractivity contribution in [2.24, 2.45) is 5.41 Å². The number of carbonyl (C=O) groups excluding carboxylic acids is 2. The lowest BCUT2D eigenvalue weighted by atomic mass is 9.79. The van der Waals surface area contributed by atoms with E-state index in [1.54, 1.807) is 6.08 Å². The highest BCUT2D eigenvalue weighted by atomic mass is 16.6. The molecule has 0 radical (unpaired) electrons. The molecule has 0 aromatic rings. The van der Waals surface area contributed by atoms with Crippen LogP contribution in [0.25, 0.3) is 0 Å². The van der Waals surface area contributed by atoms with Crippen molar-refractivity contribution in [1.82, 2.24) is 0 Å². The maximum absolute atomic E-state index is 12.3. The van der Waals surface area contributed by atoms with Gasteiger partial charge in [0.1, 0.15) is 0 Å². The molecule has 4 nitrogen and oxygen atoms in total. The molecule has 0 heterocycles. The Morgan fingerprint density at radius 1 is 1.05 bits per heavy atom. The maximum atomic E-state index is 12.3. The van der Waals surface area contributed by atoms with Gasteiger partial charge in [-0.15, -0.1) is 0 Å². The first-order chi connectivity index (χ1) is 9.67. The Morgan fingerprint density at radius 3 is 2.00 bits per heavy atom. The molecule has 0 saturated carbocycles. The SMILES string of the molecule is CCCCOC(=O)C1(C(=O)OCCCC)C=CCCC1. The Balaban J connectivity index is 2.70. The van der Waals surface area contributed by atoms with Gasteiger partial charge in [-0.2, -0.15) is 0 Å². The lowest BCUT2D eigenvalue weighted by Gasteiger charge is -2.28. The molecule has 114 valence electrons. The summed E-state index contributed by atoms with van der Waals surface area (Å²) in [5.74, 6) is -0.910. The highest BCUT2D eigenvalue weighted by molar-refractivity contribution is 6.02. The van der Waals surface area contributed by atoms with Gasteiger partial charge in [0.25, 0.3) is 0 Å². The minimum atomic E-state index is -1.21. The largest absolute Gasteiger partial charge is 0.465 e. The summed E-state index contributed by atoms with van der Waals surface area (Å²) in [5, 5.41) is 0. The summed E-state index contributed by atoms with van der Waals surface area (Å²) in [5.41, 5.74) is -1.21. The number of hydrogen-bond donors (Lipinski definition) is 0. The Hall–Kier alpha value is -1.32. The molecule has 0 N–H and O–H groups in total. The number of hydrogen-bond acceptors (Lipinski definition) is 4. The van der Waals surface area contributed by atoms with Gasteiger partial charge in [-0.3, -0.25) is 9.59 Å². The van der Waals surface area contributed by atoms with Gasteiger partial charge in [-0.1, -0.05) is 38.8 Å². The topological polar surface area (TPSA) is 52.6 Å². The van der Waals surface area contributed by atoms with Gasteiger partial charge >= 0.3 is 11.9 Å². The monoisotopic (exact) mass is 282 g/mol. The molecule has 20 heavy (non-hydrogen) atoms. The molecule has 0 spiro atoms. The zero-order valence-corrected chi connectivity index (χ0v) is 12.7. The second kappa shape index (κ2) is 8.77. The molecule has 0 amide bonds. The summed E-state index contributed by atoms with van der Waals surface area (Å²) in [4.78, 5) is 24.6. The summed E-state index contributed by atoms with van der Waals surface area (Å²) < 4.78 is 10.5. The Morgan fingerprint density at radius 2 is 1.60 bits per heavy atom. The fraction of sp³-hybridized carbons (Fsp3) is 0.750. The molecule has 1 rings (SSSR count). The summed E-state index contributed by atoms with van der Waals surface area (Å²) in [6.45, 7) is 4.80. The molecule has 1 aliphatic carbocycles. The van der Waals surface area contributed by atoms with Crippen LogP contribution in [0.4, 0.5) is 0 Å². The van der Waals surface area contributed by atoms with Crippen LogP contribution in [0, 0.1) is 5.41 Å². The van der Waals surface area contributed by atoms with E-state index in [-0.39, 0.29) is 0 Å². The van der Waals surface area contributed by atoms with E-state index in [9.17, 15) is 9.59 Å². The Bertz CT molecular complexity index is 324. The predicted molar refractivity (Wildman–Crippen MR) is 77.2 cm³/mol. The number of unbranched alkanes of at least 4 members (excludes halogenated alkanes) is 2. The highest BCUT2D eigenvalue weighted by Crippen LogP contribution is 2.34. The van der Waals surface area contributed by atoms with Crippen LogP contribution >= 0.6 is 0 Å². The van der Waals surface area contributed by atoms with E-state index in [0.717, 1.165) is 38.5 Å². The van der Waals surface area contributed by atoms with Crippen LogP contribution in [0.15, 0.2) is 12.2 Å². The Kier molecular flexibility index (Phi) is 7.34. The average molecular weight is 282 g/mol. The lowest BCUT2D eigenvalue weighted by molar-refractivity contribution is -0.169. The minimum Gasteiger partial charge on any atom is -0.465 e. The molecule has 4 heteroatoms. The van der Waals surface area contributed by atoms with E-state index in [1.165, 1.54) is 0 Å². The second-order valence-corrected chi connectivity index (χ2v) is 5.24. The standard InChI is InChI=1S/C16H26O4/c1-3-5-12-19-14(17)16(10-8-7-9-11-16)15(18)20-13-6-4-2/h8,10H,3-7,9,11-13H2,1-2H3. The van der Waals surface area contributed by atoms with Crippen molar-refractivity contribution in [3.8, 4) is 0 Å². The van der Waals surface area contributed by atoms with E-state index >= 15 is 0 Å². The van der Waals surface area contributed by atoms with Crippen LogP contribution in [-0.2, 0) is 19.1 Å². The van der Waals surface area contributed by atoms with Crippen LogP contribution < -0.4 is 0 Å². The fourth-order valence-electron chi connectivity index (χ4n) is 2.17. The zero-order valence-electron chi connectivity index (χ0n) is 12.7. The lowest BCUT2D eigenvalue weighted by Crippen LogP contribution is -2.41. The molecule has 0 aromatic heterocycles. The summed E-state index contributed by atoms with van der Waals surface area (Å²) in [6, 6.07) is 0. The van der Waals surface area contributed by atoms with Crippen LogP contribution in [0.5, 0.6) is 0 Å². The van der Waals surface area contributed by atoms with Gasteiger partial charge in [0.05, 0.1) is 13.2 Å². The highest BCUT2D eigenvalue weighted by Gasteiger charge is 2.47. The number of carbonyl (C=O) groups is 2. The average Bonchev–Trinajstić information content (AvgIpc) is 2.48. The molecule has 0 unspecified atom stereocenters. The van der Waals surface area contributed by atoms with Crippen LogP contribution in [0.3, 0.4) is 0 Å². The third-order valence-corrected chi connectivity index (χ3v) is 3.53. The quantitative estimate of drug-likeness (QED) is 0.296. The van der Waals surface area contributed by atoms with E-state index in [4.69, 9.17) is 9.47 Å². The molecule has 0 atom stereocenters. The van der Waals surface area contributed by atoms with Crippen LogP contribution in [-0.4, -0.2) is 25.2 Å². The fourth-order valence-corrected chi connectivity index (χ4v) is 2.17.